The summed E-state index contributed by atoms with van der Waals surface area (Å²) in [7, 11) is 0. The Balaban J connectivity index is 2.44. The van der Waals surface area contributed by atoms with E-state index in [0.717, 1.165) is 5.75 Å². The molecule has 0 fully saturated rings. The zero-order valence-electron chi connectivity index (χ0n) is 7.05. The number of hydrogen-bond acceptors (Lipinski definition) is 2. The van der Waals surface area contributed by atoms with E-state index in [0.29, 0.717) is 5.70 Å². The van der Waals surface area contributed by atoms with Gasteiger partial charge >= 0.3 is 0 Å². The SMILES string of the molecule is C=C(COc1ccccc1)N=[N+]=[N-]. The summed E-state index contributed by atoms with van der Waals surface area (Å²) in [5.41, 5.74) is 8.44. The van der Waals surface area contributed by atoms with Crippen LogP contribution in [0, 0.1) is 0 Å². The number of benzene rings is 1. The Morgan fingerprint density at radius 3 is 2.77 bits per heavy atom. The largest absolute Gasteiger partial charge is 0.489 e. The van der Waals surface area contributed by atoms with Crippen molar-refractivity contribution in [2.75, 3.05) is 6.61 Å². The average molecular weight is 175 g/mol. The molecule has 0 radical (unpaired) electrons. The first kappa shape index (κ1) is 9.16. The predicted molar refractivity (Wildman–Crippen MR) is 50.2 cm³/mol. The van der Waals surface area contributed by atoms with Gasteiger partial charge in [-0.3, -0.25) is 0 Å². The van der Waals surface area contributed by atoms with Crippen LogP contribution in [0.15, 0.2) is 47.7 Å². The maximum absolute atomic E-state index is 8.08. The molecule has 66 valence electrons. The number of nitrogens with zero attached hydrogens (tertiary/aromatic N) is 3. The van der Waals surface area contributed by atoms with Crippen molar-refractivity contribution in [3.63, 3.8) is 0 Å². The second-order valence-corrected chi connectivity index (χ2v) is 2.36. The Kier molecular flexibility index (Phi) is 3.42. The van der Waals surface area contributed by atoms with Gasteiger partial charge in [-0.2, -0.15) is 0 Å². The Labute approximate surface area is 76.1 Å². The van der Waals surface area contributed by atoms with Crippen LogP contribution < -0.4 is 4.74 Å². The molecule has 0 unspecified atom stereocenters. The Morgan fingerprint density at radius 1 is 1.46 bits per heavy atom. The van der Waals surface area contributed by atoms with Gasteiger partial charge in [0.1, 0.15) is 12.4 Å². The minimum atomic E-state index is 0.216. The van der Waals surface area contributed by atoms with Crippen LogP contribution in [0.4, 0.5) is 0 Å². The van der Waals surface area contributed by atoms with Crippen molar-refractivity contribution in [2.45, 2.75) is 0 Å². The predicted octanol–water partition coefficient (Wildman–Crippen LogP) is 2.89. The third-order valence-corrected chi connectivity index (χ3v) is 1.33. The highest BCUT2D eigenvalue weighted by atomic mass is 16.5. The molecule has 0 aliphatic rings. The van der Waals surface area contributed by atoms with Gasteiger partial charge in [0.15, 0.2) is 0 Å². The smallest absolute Gasteiger partial charge is 0.119 e. The van der Waals surface area contributed by atoms with Crippen LogP contribution in [0.5, 0.6) is 5.75 Å². The molecule has 1 aromatic carbocycles. The van der Waals surface area contributed by atoms with Gasteiger partial charge in [0.05, 0.1) is 0 Å². The third kappa shape index (κ3) is 3.31. The summed E-state index contributed by atoms with van der Waals surface area (Å²) in [5.74, 6) is 0.733. The number of hydrogen-bond donors (Lipinski definition) is 0. The van der Waals surface area contributed by atoms with Gasteiger partial charge in [-0.05, 0) is 17.7 Å². The summed E-state index contributed by atoms with van der Waals surface area (Å²) >= 11 is 0. The van der Waals surface area contributed by atoms with E-state index < -0.39 is 0 Å². The van der Waals surface area contributed by atoms with Crippen LogP contribution in [0.2, 0.25) is 0 Å². The van der Waals surface area contributed by atoms with E-state index in [9.17, 15) is 0 Å². The molecule has 0 aliphatic heterocycles. The van der Waals surface area contributed by atoms with Crippen LogP contribution in [0.25, 0.3) is 10.4 Å². The normalized spacial score (nSPS) is 8.62. The van der Waals surface area contributed by atoms with Gasteiger partial charge in [-0.25, -0.2) is 0 Å². The van der Waals surface area contributed by atoms with E-state index in [2.05, 4.69) is 16.6 Å². The highest BCUT2D eigenvalue weighted by Gasteiger charge is 1.92. The first-order valence-corrected chi connectivity index (χ1v) is 3.73. The van der Waals surface area contributed by atoms with Gasteiger partial charge in [-0.1, -0.05) is 29.9 Å². The van der Waals surface area contributed by atoms with Crippen molar-refractivity contribution in [1.29, 1.82) is 0 Å². The number of azide groups is 1. The van der Waals surface area contributed by atoms with Crippen molar-refractivity contribution in [3.05, 3.63) is 53.1 Å². The molecule has 0 amide bonds. The molecule has 4 heteroatoms. The minimum absolute atomic E-state index is 0.216. The molecule has 0 saturated carbocycles. The quantitative estimate of drug-likeness (QED) is 0.394. The highest BCUT2D eigenvalue weighted by molar-refractivity contribution is 5.21. The summed E-state index contributed by atoms with van der Waals surface area (Å²) in [6, 6.07) is 9.28. The lowest BCUT2D eigenvalue weighted by atomic mass is 10.3. The summed E-state index contributed by atoms with van der Waals surface area (Å²) in [4.78, 5) is 2.59. The number of para-hydroxylation sites is 1. The van der Waals surface area contributed by atoms with Crippen molar-refractivity contribution < 1.29 is 4.74 Å². The summed E-state index contributed by atoms with van der Waals surface area (Å²) in [6.07, 6.45) is 0. The molecular weight excluding hydrogens is 166 g/mol. The Bertz CT molecular complexity index is 328. The molecule has 0 aliphatic carbocycles. The molecule has 1 aromatic rings. The van der Waals surface area contributed by atoms with Crippen molar-refractivity contribution in [1.82, 2.24) is 0 Å². The van der Waals surface area contributed by atoms with E-state index in [1.807, 2.05) is 30.3 Å². The van der Waals surface area contributed by atoms with E-state index in [-0.39, 0.29) is 6.61 Å². The monoisotopic (exact) mass is 175 g/mol. The molecule has 13 heavy (non-hydrogen) atoms. The fourth-order valence-electron chi connectivity index (χ4n) is 0.775. The minimum Gasteiger partial charge on any atom is -0.489 e. The van der Waals surface area contributed by atoms with Gasteiger partial charge in [0, 0.05) is 10.6 Å². The van der Waals surface area contributed by atoms with Crippen LogP contribution in [-0.2, 0) is 0 Å². The lowest BCUT2D eigenvalue weighted by Gasteiger charge is -2.03. The molecule has 0 spiro atoms. The van der Waals surface area contributed by atoms with Crippen molar-refractivity contribution in [3.8, 4) is 5.75 Å². The maximum atomic E-state index is 8.08. The van der Waals surface area contributed by atoms with Crippen LogP contribution in [-0.4, -0.2) is 6.61 Å². The second-order valence-electron chi connectivity index (χ2n) is 2.36. The summed E-state index contributed by atoms with van der Waals surface area (Å²) < 4.78 is 5.26. The van der Waals surface area contributed by atoms with Gasteiger partial charge in [0.25, 0.3) is 0 Å². The molecule has 0 atom stereocenters. The van der Waals surface area contributed by atoms with Gasteiger partial charge in [0.2, 0.25) is 0 Å². The number of rotatable bonds is 4. The van der Waals surface area contributed by atoms with E-state index in [1.165, 1.54) is 0 Å². The lowest BCUT2D eigenvalue weighted by molar-refractivity contribution is 0.351. The fourth-order valence-corrected chi connectivity index (χ4v) is 0.775. The van der Waals surface area contributed by atoms with E-state index in [4.69, 9.17) is 10.3 Å². The third-order valence-electron chi connectivity index (χ3n) is 1.33. The maximum Gasteiger partial charge on any atom is 0.119 e. The average Bonchev–Trinajstić information content (AvgIpc) is 2.17. The highest BCUT2D eigenvalue weighted by Crippen LogP contribution is 2.09. The molecule has 4 nitrogen and oxygen atoms in total. The van der Waals surface area contributed by atoms with Crippen LogP contribution in [0.1, 0.15) is 0 Å². The van der Waals surface area contributed by atoms with E-state index in [1.54, 1.807) is 0 Å². The zero-order chi connectivity index (χ0) is 9.52. The molecule has 0 N–H and O–H groups in total. The summed E-state index contributed by atoms with van der Waals surface area (Å²) in [6.45, 7) is 3.73. The van der Waals surface area contributed by atoms with E-state index >= 15 is 0 Å². The Morgan fingerprint density at radius 2 is 2.15 bits per heavy atom. The summed E-state index contributed by atoms with van der Waals surface area (Å²) in [5, 5.41) is 3.30. The zero-order valence-corrected chi connectivity index (χ0v) is 7.05. The molecular formula is C9H9N3O. The molecule has 1 rings (SSSR count). The van der Waals surface area contributed by atoms with Crippen LogP contribution in [0.3, 0.4) is 0 Å². The fraction of sp³-hybridized carbons (Fsp3) is 0.111. The van der Waals surface area contributed by atoms with Crippen molar-refractivity contribution >= 4 is 0 Å². The van der Waals surface area contributed by atoms with Gasteiger partial charge in [-0.15, -0.1) is 0 Å². The number of ether oxygens (including phenoxy) is 1. The topological polar surface area (TPSA) is 58.0 Å². The second kappa shape index (κ2) is 4.85. The molecule has 0 heterocycles. The molecule has 0 saturated heterocycles. The lowest BCUT2D eigenvalue weighted by Crippen LogP contribution is -1.97. The molecule has 0 aromatic heterocycles. The van der Waals surface area contributed by atoms with Crippen LogP contribution >= 0.6 is 0 Å². The first-order valence-electron chi connectivity index (χ1n) is 3.73. The Hall–Kier alpha value is -1.93. The standard InChI is InChI=1S/C9H9N3O/c1-8(11-12-10)7-13-9-5-3-2-4-6-9/h2-6H,1,7H2. The first-order chi connectivity index (χ1) is 6.33. The van der Waals surface area contributed by atoms with Gasteiger partial charge < -0.3 is 4.74 Å². The molecule has 0 bridgehead atoms. The van der Waals surface area contributed by atoms with Crippen molar-refractivity contribution in [2.24, 2.45) is 5.11 Å².